The van der Waals surface area contributed by atoms with Gasteiger partial charge in [0.2, 0.25) is 0 Å². The topological polar surface area (TPSA) is 72.8 Å². The van der Waals surface area contributed by atoms with Crippen molar-refractivity contribution in [2.24, 2.45) is 23.7 Å². The Balaban J connectivity index is 1.85. The predicted molar refractivity (Wildman–Crippen MR) is 105 cm³/mol. The summed E-state index contributed by atoms with van der Waals surface area (Å²) in [5, 5.41) is 9.30. The SMILES string of the molecule is CC1CC(/C=C/C(=O)C2CCC(OC(F)(F)F)CC2)CC(C)C1OC(C)(C)C(=O)O. The van der Waals surface area contributed by atoms with E-state index in [1.165, 1.54) is 0 Å². The average Bonchev–Trinajstić information content (AvgIpc) is 2.62. The van der Waals surface area contributed by atoms with Crippen molar-refractivity contribution in [1.82, 2.24) is 0 Å². The zero-order valence-corrected chi connectivity index (χ0v) is 18.1. The van der Waals surface area contributed by atoms with Gasteiger partial charge >= 0.3 is 12.3 Å². The first-order chi connectivity index (χ1) is 13.8. The van der Waals surface area contributed by atoms with Crippen molar-refractivity contribution < 1.29 is 37.3 Å². The summed E-state index contributed by atoms with van der Waals surface area (Å²) in [5.74, 6) is -0.799. The highest BCUT2D eigenvalue weighted by atomic mass is 19.4. The molecule has 2 saturated carbocycles. The Kier molecular flexibility index (Phi) is 8.13. The lowest BCUT2D eigenvalue weighted by molar-refractivity contribution is -0.345. The Morgan fingerprint density at radius 3 is 1.97 bits per heavy atom. The lowest BCUT2D eigenvalue weighted by Crippen LogP contribution is -2.45. The molecule has 8 heteroatoms. The molecule has 0 bridgehead atoms. The van der Waals surface area contributed by atoms with E-state index < -0.39 is 24.0 Å². The molecule has 2 atom stereocenters. The summed E-state index contributed by atoms with van der Waals surface area (Å²) in [6, 6.07) is 0. The molecular formula is C22H33F3O5. The van der Waals surface area contributed by atoms with E-state index in [4.69, 9.17) is 4.74 Å². The molecule has 0 aromatic rings. The maximum absolute atomic E-state index is 12.5. The minimum absolute atomic E-state index is 0.0360. The van der Waals surface area contributed by atoms with Crippen LogP contribution >= 0.6 is 0 Å². The minimum Gasteiger partial charge on any atom is -0.479 e. The van der Waals surface area contributed by atoms with Crippen LogP contribution < -0.4 is 0 Å². The van der Waals surface area contributed by atoms with Crippen LogP contribution in [0.2, 0.25) is 0 Å². The number of allylic oxidation sites excluding steroid dienone is 2. The monoisotopic (exact) mass is 434 g/mol. The molecule has 1 N–H and O–H groups in total. The smallest absolute Gasteiger partial charge is 0.479 e. The van der Waals surface area contributed by atoms with E-state index in [1.54, 1.807) is 19.9 Å². The van der Waals surface area contributed by atoms with E-state index in [1.807, 2.05) is 19.9 Å². The Morgan fingerprint density at radius 1 is 0.967 bits per heavy atom. The van der Waals surface area contributed by atoms with Crippen LogP contribution in [0.1, 0.15) is 66.2 Å². The first-order valence-corrected chi connectivity index (χ1v) is 10.7. The number of ether oxygens (including phenoxy) is 2. The Hall–Kier alpha value is -1.41. The van der Waals surface area contributed by atoms with E-state index in [2.05, 4.69) is 4.74 Å². The summed E-state index contributed by atoms with van der Waals surface area (Å²) in [5.41, 5.74) is -1.25. The molecule has 30 heavy (non-hydrogen) atoms. The molecule has 0 aliphatic heterocycles. The number of halogens is 3. The van der Waals surface area contributed by atoms with E-state index in [9.17, 15) is 27.9 Å². The molecular weight excluding hydrogens is 401 g/mol. The van der Waals surface area contributed by atoms with Crippen LogP contribution in [-0.2, 0) is 19.1 Å². The van der Waals surface area contributed by atoms with Crippen molar-refractivity contribution in [2.45, 2.75) is 90.4 Å². The third kappa shape index (κ3) is 7.08. The van der Waals surface area contributed by atoms with Gasteiger partial charge in [0.25, 0.3) is 0 Å². The molecule has 0 spiro atoms. The Labute approximate surface area is 176 Å². The summed E-state index contributed by atoms with van der Waals surface area (Å²) >= 11 is 0. The van der Waals surface area contributed by atoms with E-state index in [0.717, 1.165) is 12.8 Å². The molecule has 5 nitrogen and oxygen atoms in total. The third-order valence-electron chi connectivity index (χ3n) is 6.33. The zero-order valence-electron chi connectivity index (χ0n) is 18.1. The number of alkyl halides is 3. The molecule has 2 rings (SSSR count). The molecule has 2 fully saturated rings. The van der Waals surface area contributed by atoms with E-state index in [-0.39, 0.29) is 48.4 Å². The summed E-state index contributed by atoms with van der Waals surface area (Å²) in [6.07, 6.45) is 0.708. The van der Waals surface area contributed by atoms with Crippen LogP contribution in [0.25, 0.3) is 0 Å². The maximum Gasteiger partial charge on any atom is 0.522 e. The van der Waals surface area contributed by atoms with E-state index in [0.29, 0.717) is 12.8 Å². The predicted octanol–water partition coefficient (Wildman–Crippen LogP) is 5.14. The number of hydrogen-bond donors (Lipinski definition) is 1. The van der Waals surface area contributed by atoms with Gasteiger partial charge in [-0.2, -0.15) is 0 Å². The van der Waals surface area contributed by atoms with Crippen molar-refractivity contribution in [3.8, 4) is 0 Å². The van der Waals surface area contributed by atoms with Crippen LogP contribution in [0.15, 0.2) is 12.2 Å². The van der Waals surface area contributed by atoms with Crippen molar-refractivity contribution in [1.29, 1.82) is 0 Å². The molecule has 172 valence electrons. The van der Waals surface area contributed by atoms with Crippen LogP contribution in [0.3, 0.4) is 0 Å². The highest BCUT2D eigenvalue weighted by Gasteiger charge is 2.40. The van der Waals surface area contributed by atoms with Crippen LogP contribution in [0.4, 0.5) is 13.2 Å². The Bertz CT molecular complexity index is 623. The Morgan fingerprint density at radius 2 is 1.50 bits per heavy atom. The molecule has 0 aromatic carbocycles. The van der Waals surface area contributed by atoms with Gasteiger partial charge in [0.1, 0.15) is 0 Å². The van der Waals surface area contributed by atoms with Gasteiger partial charge in [0.05, 0.1) is 12.2 Å². The fraction of sp³-hybridized carbons (Fsp3) is 0.818. The average molecular weight is 434 g/mol. The summed E-state index contributed by atoms with van der Waals surface area (Å²) < 4.78 is 46.9. The number of carbonyl (C=O) groups is 2. The minimum atomic E-state index is -4.63. The van der Waals surface area contributed by atoms with Gasteiger partial charge in [-0.1, -0.05) is 19.9 Å². The zero-order chi connectivity index (χ0) is 22.7. The van der Waals surface area contributed by atoms with Gasteiger partial charge in [-0.05, 0) is 76.2 Å². The summed E-state index contributed by atoms with van der Waals surface area (Å²) in [6.45, 7) is 7.16. The molecule has 0 saturated heterocycles. The fourth-order valence-electron chi connectivity index (χ4n) is 4.68. The van der Waals surface area contributed by atoms with Gasteiger partial charge in [-0.15, -0.1) is 13.2 Å². The quantitative estimate of drug-likeness (QED) is 0.562. The molecule has 0 amide bonds. The molecule has 0 aromatic heterocycles. The van der Waals surface area contributed by atoms with Crippen molar-refractivity contribution in [2.75, 3.05) is 0 Å². The molecule has 0 radical (unpaired) electrons. The lowest BCUT2D eigenvalue weighted by atomic mass is 9.74. The number of rotatable bonds is 7. The first-order valence-electron chi connectivity index (χ1n) is 10.7. The molecule has 0 heterocycles. The number of hydrogen-bond acceptors (Lipinski definition) is 4. The normalized spacial score (nSPS) is 33.6. The van der Waals surface area contributed by atoms with Crippen LogP contribution in [0.5, 0.6) is 0 Å². The fourth-order valence-corrected chi connectivity index (χ4v) is 4.68. The van der Waals surface area contributed by atoms with Crippen LogP contribution in [-0.4, -0.2) is 41.0 Å². The van der Waals surface area contributed by atoms with Gasteiger partial charge in [-0.3, -0.25) is 9.53 Å². The largest absolute Gasteiger partial charge is 0.522 e. The van der Waals surface area contributed by atoms with Crippen molar-refractivity contribution in [3.63, 3.8) is 0 Å². The number of carboxylic acids is 1. The van der Waals surface area contributed by atoms with Gasteiger partial charge in [0, 0.05) is 5.92 Å². The number of carboxylic acid groups (broad SMARTS) is 1. The summed E-state index contributed by atoms with van der Waals surface area (Å²) in [7, 11) is 0. The summed E-state index contributed by atoms with van der Waals surface area (Å²) in [4.78, 5) is 23.8. The van der Waals surface area contributed by atoms with Crippen molar-refractivity contribution in [3.05, 3.63) is 12.2 Å². The van der Waals surface area contributed by atoms with Gasteiger partial charge in [-0.25, -0.2) is 4.79 Å². The highest BCUT2D eigenvalue weighted by molar-refractivity contribution is 5.91. The van der Waals surface area contributed by atoms with Gasteiger partial charge < -0.3 is 9.84 Å². The maximum atomic E-state index is 12.5. The second-order valence-electron chi connectivity index (χ2n) is 9.38. The number of carbonyl (C=O) groups excluding carboxylic acids is 1. The lowest BCUT2D eigenvalue weighted by Gasteiger charge is -2.41. The third-order valence-corrected chi connectivity index (χ3v) is 6.33. The second-order valence-corrected chi connectivity index (χ2v) is 9.38. The number of ketones is 1. The highest BCUT2D eigenvalue weighted by Crippen LogP contribution is 2.38. The van der Waals surface area contributed by atoms with Crippen molar-refractivity contribution >= 4 is 11.8 Å². The standard InChI is InChI=1S/C22H33F3O5/c1-13-11-15(12-14(2)19(13)30-21(3,4)20(27)28)5-10-18(26)16-6-8-17(9-7-16)29-22(23,24)25/h5,10,13-17,19H,6-9,11-12H2,1-4H3,(H,27,28)/b10-5+. The second kappa shape index (κ2) is 9.81. The van der Waals surface area contributed by atoms with Gasteiger partial charge in [0.15, 0.2) is 11.4 Å². The number of aliphatic carboxylic acids is 1. The molecule has 2 aliphatic rings. The van der Waals surface area contributed by atoms with E-state index >= 15 is 0 Å². The molecule has 2 unspecified atom stereocenters. The first kappa shape index (κ1) is 24.9. The van der Waals surface area contributed by atoms with Crippen LogP contribution in [0, 0.1) is 23.7 Å². The molecule has 2 aliphatic carbocycles.